The normalized spacial score (nSPS) is 13.4. The molecule has 1 aromatic heterocycles. The van der Waals surface area contributed by atoms with Gasteiger partial charge in [0.1, 0.15) is 0 Å². The fourth-order valence-corrected chi connectivity index (χ4v) is 2.42. The van der Waals surface area contributed by atoms with Crippen molar-refractivity contribution in [3.8, 4) is 0 Å². The summed E-state index contributed by atoms with van der Waals surface area (Å²) in [7, 11) is 0. The average molecular weight is 255 g/mol. The van der Waals surface area contributed by atoms with Gasteiger partial charge in [-0.1, -0.05) is 12.1 Å². The van der Waals surface area contributed by atoms with E-state index in [2.05, 4.69) is 9.88 Å². The number of hydrogen-bond acceptors (Lipinski definition) is 4. The van der Waals surface area contributed by atoms with Gasteiger partial charge in [-0.3, -0.25) is 15.1 Å². The second kappa shape index (κ2) is 4.68. The van der Waals surface area contributed by atoms with Gasteiger partial charge in [-0.2, -0.15) is 0 Å². The van der Waals surface area contributed by atoms with Crippen LogP contribution < -0.4 is 4.90 Å². The van der Waals surface area contributed by atoms with Crippen molar-refractivity contribution in [3.63, 3.8) is 0 Å². The first-order chi connectivity index (χ1) is 9.24. The number of fused-ring (bicyclic) bond motifs is 1. The summed E-state index contributed by atoms with van der Waals surface area (Å²) in [5.74, 6) is 0. The van der Waals surface area contributed by atoms with Gasteiger partial charge in [-0.05, 0) is 23.6 Å². The van der Waals surface area contributed by atoms with Gasteiger partial charge in [-0.25, -0.2) is 0 Å². The lowest BCUT2D eigenvalue weighted by molar-refractivity contribution is -0.384. The highest BCUT2D eigenvalue weighted by Gasteiger charge is 2.21. The lowest BCUT2D eigenvalue weighted by Crippen LogP contribution is -2.19. The summed E-state index contributed by atoms with van der Waals surface area (Å²) >= 11 is 0. The first-order valence-electron chi connectivity index (χ1n) is 6.15. The van der Waals surface area contributed by atoms with Crippen LogP contribution >= 0.6 is 0 Å². The third-order valence-corrected chi connectivity index (χ3v) is 3.37. The van der Waals surface area contributed by atoms with Gasteiger partial charge >= 0.3 is 0 Å². The molecule has 2 aromatic rings. The standard InChI is InChI=1S/C14H13N3O2/c18-17(19)13-4-3-12-5-7-16(14(12)8-13)10-11-2-1-6-15-9-11/h1-4,6,8-9H,5,7,10H2. The number of aromatic nitrogens is 1. The van der Waals surface area contributed by atoms with Crippen molar-refractivity contribution in [2.45, 2.75) is 13.0 Å². The molecule has 0 N–H and O–H groups in total. The highest BCUT2D eigenvalue weighted by Crippen LogP contribution is 2.32. The Bertz CT molecular complexity index is 613. The first-order valence-corrected chi connectivity index (χ1v) is 6.15. The van der Waals surface area contributed by atoms with Crippen LogP contribution in [0.2, 0.25) is 0 Å². The zero-order valence-electron chi connectivity index (χ0n) is 10.3. The van der Waals surface area contributed by atoms with Crippen molar-refractivity contribution >= 4 is 11.4 Å². The monoisotopic (exact) mass is 255 g/mol. The van der Waals surface area contributed by atoms with Crippen LogP contribution in [0.5, 0.6) is 0 Å². The van der Waals surface area contributed by atoms with Crippen LogP contribution in [-0.4, -0.2) is 16.5 Å². The maximum Gasteiger partial charge on any atom is 0.271 e. The Morgan fingerprint density at radius 2 is 2.26 bits per heavy atom. The summed E-state index contributed by atoms with van der Waals surface area (Å²) in [6.07, 6.45) is 4.51. The van der Waals surface area contributed by atoms with E-state index in [0.29, 0.717) is 0 Å². The van der Waals surface area contributed by atoms with Crippen LogP contribution in [0.4, 0.5) is 11.4 Å². The minimum atomic E-state index is -0.346. The van der Waals surface area contributed by atoms with Crippen LogP contribution in [0.3, 0.4) is 0 Å². The van der Waals surface area contributed by atoms with Gasteiger partial charge in [0.15, 0.2) is 0 Å². The predicted molar refractivity (Wildman–Crippen MR) is 72.1 cm³/mol. The van der Waals surface area contributed by atoms with Gasteiger partial charge in [0.2, 0.25) is 0 Å². The number of pyridine rings is 1. The number of anilines is 1. The van der Waals surface area contributed by atoms with Crippen molar-refractivity contribution in [3.05, 3.63) is 64.0 Å². The van der Waals surface area contributed by atoms with E-state index < -0.39 is 0 Å². The van der Waals surface area contributed by atoms with Crippen molar-refractivity contribution in [1.82, 2.24) is 4.98 Å². The fraction of sp³-hybridized carbons (Fsp3) is 0.214. The summed E-state index contributed by atoms with van der Waals surface area (Å²) in [6.45, 7) is 1.63. The van der Waals surface area contributed by atoms with E-state index in [0.717, 1.165) is 30.8 Å². The summed E-state index contributed by atoms with van der Waals surface area (Å²) < 4.78 is 0. The fourth-order valence-electron chi connectivity index (χ4n) is 2.42. The van der Waals surface area contributed by atoms with E-state index in [1.165, 1.54) is 5.56 Å². The average Bonchev–Trinajstić information content (AvgIpc) is 2.82. The summed E-state index contributed by atoms with van der Waals surface area (Å²) in [6, 6.07) is 9.02. The lowest BCUT2D eigenvalue weighted by atomic mass is 10.1. The maximum atomic E-state index is 10.8. The van der Waals surface area contributed by atoms with E-state index in [4.69, 9.17) is 0 Å². The van der Waals surface area contributed by atoms with Crippen LogP contribution in [-0.2, 0) is 13.0 Å². The second-order valence-electron chi connectivity index (χ2n) is 4.60. The van der Waals surface area contributed by atoms with Crippen LogP contribution in [0.15, 0.2) is 42.7 Å². The Morgan fingerprint density at radius 3 is 3.00 bits per heavy atom. The molecule has 2 heterocycles. The lowest BCUT2D eigenvalue weighted by Gasteiger charge is -2.18. The Morgan fingerprint density at radius 1 is 1.37 bits per heavy atom. The van der Waals surface area contributed by atoms with Crippen LogP contribution in [0, 0.1) is 10.1 Å². The number of nitro benzene ring substituents is 1. The summed E-state index contributed by atoms with van der Waals surface area (Å²) in [4.78, 5) is 16.8. The Kier molecular flexibility index (Phi) is 2.87. The molecule has 0 spiro atoms. The smallest absolute Gasteiger partial charge is 0.271 e. The summed E-state index contributed by atoms with van der Waals surface area (Å²) in [5.41, 5.74) is 3.41. The predicted octanol–water partition coefficient (Wildman–Crippen LogP) is 2.55. The molecule has 96 valence electrons. The van der Waals surface area contributed by atoms with Crippen molar-refractivity contribution in [1.29, 1.82) is 0 Å². The molecule has 1 aliphatic rings. The third-order valence-electron chi connectivity index (χ3n) is 3.37. The van der Waals surface area contributed by atoms with Gasteiger partial charge in [0.05, 0.1) is 4.92 Å². The molecule has 0 fully saturated rings. The quantitative estimate of drug-likeness (QED) is 0.624. The topological polar surface area (TPSA) is 59.3 Å². The Balaban J connectivity index is 1.88. The van der Waals surface area contributed by atoms with Gasteiger partial charge in [0, 0.05) is 43.3 Å². The molecular formula is C14H13N3O2. The van der Waals surface area contributed by atoms with E-state index in [1.54, 1.807) is 18.3 Å². The second-order valence-corrected chi connectivity index (χ2v) is 4.60. The highest BCUT2D eigenvalue weighted by atomic mass is 16.6. The molecule has 0 saturated carbocycles. The molecule has 0 bridgehead atoms. The minimum absolute atomic E-state index is 0.150. The van der Waals surface area contributed by atoms with E-state index in [9.17, 15) is 10.1 Å². The number of hydrogen-bond donors (Lipinski definition) is 0. The Labute approximate surface area is 110 Å². The molecule has 0 amide bonds. The van der Waals surface area contributed by atoms with E-state index >= 15 is 0 Å². The molecule has 1 aromatic carbocycles. The maximum absolute atomic E-state index is 10.8. The van der Waals surface area contributed by atoms with Crippen molar-refractivity contribution < 1.29 is 4.92 Å². The van der Waals surface area contributed by atoms with Gasteiger partial charge < -0.3 is 4.90 Å². The molecule has 5 heteroatoms. The van der Waals surface area contributed by atoms with Crippen molar-refractivity contribution in [2.24, 2.45) is 0 Å². The largest absolute Gasteiger partial charge is 0.366 e. The zero-order chi connectivity index (χ0) is 13.2. The molecule has 0 atom stereocenters. The van der Waals surface area contributed by atoms with Gasteiger partial charge in [0.25, 0.3) is 5.69 Å². The third kappa shape index (κ3) is 2.27. The molecular weight excluding hydrogens is 242 g/mol. The van der Waals surface area contributed by atoms with E-state index in [1.807, 2.05) is 24.4 Å². The number of non-ortho nitro benzene ring substituents is 1. The molecule has 0 radical (unpaired) electrons. The highest BCUT2D eigenvalue weighted by molar-refractivity contribution is 5.62. The Hall–Kier alpha value is -2.43. The van der Waals surface area contributed by atoms with Crippen LogP contribution in [0.25, 0.3) is 0 Å². The number of nitro groups is 1. The van der Waals surface area contributed by atoms with Crippen LogP contribution in [0.1, 0.15) is 11.1 Å². The molecule has 0 unspecified atom stereocenters. The molecule has 0 saturated heterocycles. The molecule has 1 aliphatic heterocycles. The number of rotatable bonds is 3. The zero-order valence-corrected chi connectivity index (χ0v) is 10.3. The first kappa shape index (κ1) is 11.6. The molecule has 0 aliphatic carbocycles. The molecule has 3 rings (SSSR count). The van der Waals surface area contributed by atoms with E-state index in [-0.39, 0.29) is 10.6 Å². The minimum Gasteiger partial charge on any atom is -0.366 e. The number of benzene rings is 1. The SMILES string of the molecule is O=[N+]([O-])c1ccc2c(c1)N(Cc1cccnc1)CC2. The summed E-state index contributed by atoms with van der Waals surface area (Å²) in [5, 5.41) is 10.8. The van der Waals surface area contributed by atoms with Gasteiger partial charge in [-0.15, -0.1) is 0 Å². The molecule has 19 heavy (non-hydrogen) atoms. The number of nitrogens with zero attached hydrogens (tertiary/aromatic N) is 3. The van der Waals surface area contributed by atoms with Crippen molar-refractivity contribution in [2.75, 3.05) is 11.4 Å². The molecule has 5 nitrogen and oxygen atoms in total.